The standard InChI is InChI=1S/C25H34N4O5/c1-5-7-9-29-23(26)22(24(32)27-25(29)33)28(10-8-15(3)4)14-17-12-21(31)34-20-13-19(30)16(6-2)11-18(17)20/h11-13,15,30H,5-10,14,26H2,1-4H3,(H,27,32,33). The molecule has 0 aliphatic rings. The molecule has 4 N–H and O–H groups in total. The third kappa shape index (κ3) is 5.35. The Labute approximate surface area is 197 Å². The number of anilines is 2. The molecule has 0 saturated heterocycles. The fourth-order valence-corrected chi connectivity index (χ4v) is 4.03. The van der Waals surface area contributed by atoms with Gasteiger partial charge in [0.2, 0.25) is 0 Å². The molecule has 0 aliphatic heterocycles. The lowest BCUT2D eigenvalue weighted by atomic mass is 10.0. The van der Waals surface area contributed by atoms with E-state index in [1.807, 2.05) is 18.7 Å². The third-order valence-corrected chi connectivity index (χ3v) is 6.01. The highest BCUT2D eigenvalue weighted by Crippen LogP contribution is 2.29. The van der Waals surface area contributed by atoms with Crippen LogP contribution >= 0.6 is 0 Å². The molecule has 9 nitrogen and oxygen atoms in total. The van der Waals surface area contributed by atoms with Crippen LogP contribution in [-0.4, -0.2) is 21.2 Å². The second-order valence-corrected chi connectivity index (χ2v) is 9.02. The minimum absolute atomic E-state index is 0.0654. The lowest BCUT2D eigenvalue weighted by molar-refractivity contribution is 0.466. The van der Waals surface area contributed by atoms with Gasteiger partial charge >= 0.3 is 11.3 Å². The van der Waals surface area contributed by atoms with Crippen molar-refractivity contribution in [1.82, 2.24) is 9.55 Å². The number of hydrogen-bond donors (Lipinski definition) is 3. The summed E-state index contributed by atoms with van der Waals surface area (Å²) in [6, 6.07) is 4.65. The molecule has 9 heteroatoms. The number of H-pyrrole nitrogens is 1. The number of nitrogen functional groups attached to an aromatic ring is 1. The number of aromatic amines is 1. The van der Waals surface area contributed by atoms with Crippen LogP contribution in [0.2, 0.25) is 0 Å². The topological polar surface area (TPSA) is 135 Å². The molecular formula is C25H34N4O5. The van der Waals surface area contributed by atoms with Crippen molar-refractivity contribution in [2.75, 3.05) is 17.2 Å². The number of aromatic hydroxyl groups is 1. The first-order chi connectivity index (χ1) is 16.2. The fourth-order valence-electron chi connectivity index (χ4n) is 4.03. The number of aromatic nitrogens is 2. The molecule has 2 heterocycles. The molecule has 0 radical (unpaired) electrons. The van der Waals surface area contributed by atoms with Crippen LogP contribution in [0, 0.1) is 5.92 Å². The van der Waals surface area contributed by atoms with Crippen LogP contribution in [0.4, 0.5) is 11.5 Å². The van der Waals surface area contributed by atoms with Crippen molar-refractivity contribution in [3.05, 3.63) is 60.6 Å². The van der Waals surface area contributed by atoms with Crippen molar-refractivity contribution in [1.29, 1.82) is 0 Å². The van der Waals surface area contributed by atoms with Crippen LogP contribution in [0.15, 0.2) is 37.0 Å². The van der Waals surface area contributed by atoms with Gasteiger partial charge in [-0.3, -0.25) is 14.3 Å². The highest BCUT2D eigenvalue weighted by atomic mass is 16.4. The average molecular weight is 471 g/mol. The van der Waals surface area contributed by atoms with Gasteiger partial charge < -0.3 is 20.2 Å². The molecule has 34 heavy (non-hydrogen) atoms. The highest BCUT2D eigenvalue weighted by Gasteiger charge is 2.21. The van der Waals surface area contributed by atoms with E-state index in [9.17, 15) is 19.5 Å². The molecule has 0 bridgehead atoms. The molecule has 2 aromatic heterocycles. The Kier molecular flexibility index (Phi) is 7.86. The monoisotopic (exact) mass is 470 g/mol. The first-order valence-corrected chi connectivity index (χ1v) is 11.8. The van der Waals surface area contributed by atoms with Crippen molar-refractivity contribution in [3.63, 3.8) is 0 Å². The van der Waals surface area contributed by atoms with Crippen molar-refractivity contribution >= 4 is 22.5 Å². The molecule has 3 rings (SSSR count). The predicted octanol–water partition coefficient (Wildman–Crippen LogP) is 3.35. The van der Waals surface area contributed by atoms with Gasteiger partial charge in [0.1, 0.15) is 22.8 Å². The molecule has 0 unspecified atom stereocenters. The van der Waals surface area contributed by atoms with Gasteiger partial charge in [-0.2, -0.15) is 0 Å². The highest BCUT2D eigenvalue weighted by molar-refractivity contribution is 5.83. The largest absolute Gasteiger partial charge is 0.508 e. The number of nitrogens with two attached hydrogens (primary N) is 1. The number of phenolic OH excluding ortho intramolecular Hbond substituents is 1. The number of hydrogen-bond acceptors (Lipinski definition) is 7. The normalized spacial score (nSPS) is 11.4. The van der Waals surface area contributed by atoms with Gasteiger partial charge in [0.25, 0.3) is 5.56 Å². The van der Waals surface area contributed by atoms with E-state index in [2.05, 4.69) is 18.8 Å². The number of aryl methyl sites for hydroxylation is 1. The van der Waals surface area contributed by atoms with E-state index >= 15 is 0 Å². The van der Waals surface area contributed by atoms with E-state index in [1.165, 1.54) is 16.7 Å². The number of fused-ring (bicyclic) bond motifs is 1. The third-order valence-electron chi connectivity index (χ3n) is 6.01. The first-order valence-electron chi connectivity index (χ1n) is 11.8. The molecule has 184 valence electrons. The fraction of sp³-hybridized carbons (Fsp3) is 0.480. The van der Waals surface area contributed by atoms with Gasteiger partial charge in [-0.15, -0.1) is 0 Å². The summed E-state index contributed by atoms with van der Waals surface area (Å²) in [6.45, 7) is 9.21. The van der Waals surface area contributed by atoms with Gasteiger partial charge in [-0.1, -0.05) is 34.1 Å². The number of nitrogens with one attached hydrogen (secondary N) is 1. The summed E-state index contributed by atoms with van der Waals surface area (Å²) < 4.78 is 6.72. The summed E-state index contributed by atoms with van der Waals surface area (Å²) in [7, 11) is 0. The number of phenols is 1. The van der Waals surface area contributed by atoms with Crippen LogP contribution < -0.4 is 27.5 Å². The van der Waals surface area contributed by atoms with Crippen molar-refractivity contribution in [2.24, 2.45) is 5.92 Å². The second kappa shape index (κ2) is 10.6. The molecule has 1 aromatic carbocycles. The molecule has 0 spiro atoms. The summed E-state index contributed by atoms with van der Waals surface area (Å²) in [5.74, 6) is 0.538. The minimum Gasteiger partial charge on any atom is -0.508 e. The van der Waals surface area contributed by atoms with Gasteiger partial charge in [0.05, 0.1) is 0 Å². The molecule has 0 fully saturated rings. The molecule has 0 saturated carbocycles. The molecule has 0 atom stereocenters. The lowest BCUT2D eigenvalue weighted by Crippen LogP contribution is -2.39. The summed E-state index contributed by atoms with van der Waals surface area (Å²) in [4.78, 5) is 41.9. The maximum Gasteiger partial charge on any atom is 0.336 e. The van der Waals surface area contributed by atoms with Gasteiger partial charge in [-0.25, -0.2) is 9.59 Å². The zero-order valence-electron chi connectivity index (χ0n) is 20.3. The van der Waals surface area contributed by atoms with Crippen molar-refractivity contribution < 1.29 is 9.52 Å². The van der Waals surface area contributed by atoms with Gasteiger partial charge in [-0.05, 0) is 42.4 Å². The Hall–Kier alpha value is -3.49. The summed E-state index contributed by atoms with van der Waals surface area (Å²) in [6.07, 6.45) is 2.99. The smallest absolute Gasteiger partial charge is 0.336 e. The lowest BCUT2D eigenvalue weighted by Gasteiger charge is -2.27. The quantitative estimate of drug-likeness (QED) is 0.387. The van der Waals surface area contributed by atoms with Crippen LogP contribution in [0.5, 0.6) is 5.75 Å². The van der Waals surface area contributed by atoms with Crippen LogP contribution in [0.1, 0.15) is 58.1 Å². The molecule has 3 aromatic rings. The number of rotatable bonds is 10. The average Bonchev–Trinajstić information content (AvgIpc) is 2.76. The minimum atomic E-state index is -0.557. The van der Waals surface area contributed by atoms with Crippen molar-refractivity contribution in [2.45, 2.75) is 66.5 Å². The van der Waals surface area contributed by atoms with E-state index in [-0.39, 0.29) is 29.4 Å². The van der Waals surface area contributed by atoms with Crippen LogP contribution in [0.25, 0.3) is 11.0 Å². The van der Waals surface area contributed by atoms with Crippen molar-refractivity contribution in [3.8, 4) is 5.75 Å². The number of nitrogens with zero attached hydrogens (tertiary/aromatic N) is 2. The maximum absolute atomic E-state index is 12.9. The van der Waals surface area contributed by atoms with Gasteiger partial charge in [0.15, 0.2) is 0 Å². The first kappa shape index (κ1) is 25.1. The Morgan fingerprint density at radius 3 is 2.53 bits per heavy atom. The van der Waals surface area contributed by atoms with E-state index < -0.39 is 16.9 Å². The predicted molar refractivity (Wildman–Crippen MR) is 135 cm³/mol. The SMILES string of the molecule is CCCCn1c(N)c(N(CCC(C)C)Cc2cc(=O)oc3cc(O)c(CC)cc23)c(=O)[nH]c1=O. The van der Waals surface area contributed by atoms with Crippen LogP contribution in [0.3, 0.4) is 0 Å². The second-order valence-electron chi connectivity index (χ2n) is 9.02. The maximum atomic E-state index is 12.9. The summed E-state index contributed by atoms with van der Waals surface area (Å²) in [5.41, 5.74) is 6.60. The van der Waals surface area contributed by atoms with Gasteiger partial charge in [0, 0.05) is 37.2 Å². The Bertz CT molecular complexity index is 1340. The zero-order valence-corrected chi connectivity index (χ0v) is 20.3. The Morgan fingerprint density at radius 1 is 1.15 bits per heavy atom. The van der Waals surface area contributed by atoms with E-state index in [4.69, 9.17) is 10.2 Å². The summed E-state index contributed by atoms with van der Waals surface area (Å²) >= 11 is 0. The molecular weight excluding hydrogens is 436 g/mol. The Balaban J connectivity index is 2.18. The van der Waals surface area contributed by atoms with E-state index in [0.717, 1.165) is 24.8 Å². The number of benzene rings is 1. The zero-order chi connectivity index (χ0) is 25.0. The molecule has 0 amide bonds. The van der Waals surface area contributed by atoms with E-state index in [0.29, 0.717) is 36.4 Å². The summed E-state index contributed by atoms with van der Waals surface area (Å²) in [5, 5.41) is 10.9. The van der Waals surface area contributed by atoms with Crippen LogP contribution in [-0.2, 0) is 19.5 Å². The van der Waals surface area contributed by atoms with E-state index in [1.54, 1.807) is 6.07 Å². The number of unbranched alkanes of at least 4 members (excludes halogenated alkanes) is 1. The Morgan fingerprint density at radius 2 is 1.88 bits per heavy atom. The molecule has 0 aliphatic carbocycles.